The number of aromatic nitrogens is 2. The molecule has 21 heavy (non-hydrogen) atoms. The van der Waals surface area contributed by atoms with E-state index in [1.165, 1.54) is 10.4 Å². The molecule has 0 spiro atoms. The molecule has 2 N–H and O–H groups in total. The van der Waals surface area contributed by atoms with E-state index in [4.69, 9.17) is 5.73 Å². The summed E-state index contributed by atoms with van der Waals surface area (Å²) in [4.78, 5) is 5.55. The predicted molar refractivity (Wildman–Crippen MR) is 90.4 cm³/mol. The average Bonchev–Trinajstić information content (AvgIpc) is 3.10. The minimum Gasteiger partial charge on any atom is -0.328 e. The maximum atomic E-state index is 6.36. The lowest BCUT2D eigenvalue weighted by molar-refractivity contribution is 0.634. The van der Waals surface area contributed by atoms with E-state index in [1.54, 1.807) is 11.3 Å². The van der Waals surface area contributed by atoms with Crippen molar-refractivity contribution < 1.29 is 0 Å². The number of nitrogens with zero attached hydrogens (tertiary/aromatic N) is 2. The molecule has 3 aromatic rings. The summed E-state index contributed by atoms with van der Waals surface area (Å²) in [7, 11) is 0. The van der Waals surface area contributed by atoms with Crippen molar-refractivity contribution in [2.45, 2.75) is 19.0 Å². The van der Waals surface area contributed by atoms with Crippen molar-refractivity contribution in [1.29, 1.82) is 0 Å². The Morgan fingerprint density at radius 2 is 2.00 bits per heavy atom. The Kier molecular flexibility index (Phi) is 4.53. The van der Waals surface area contributed by atoms with E-state index in [0.717, 1.165) is 22.4 Å². The van der Waals surface area contributed by atoms with E-state index in [1.807, 2.05) is 30.7 Å². The number of imidazole rings is 1. The summed E-state index contributed by atoms with van der Waals surface area (Å²) in [5.74, 6) is 0. The number of benzene rings is 1. The van der Waals surface area contributed by atoms with Crippen molar-refractivity contribution in [3.63, 3.8) is 0 Å². The molecule has 0 aliphatic carbocycles. The SMILES string of the molecule is N[C@H](Cc1ccccc1)c1cncn1Cc1ccc(Br)s1. The molecule has 0 aliphatic heterocycles. The Morgan fingerprint density at radius 3 is 2.71 bits per heavy atom. The van der Waals surface area contributed by atoms with Gasteiger partial charge in [-0.15, -0.1) is 11.3 Å². The second kappa shape index (κ2) is 6.56. The molecule has 2 heterocycles. The molecular weight excluding hydrogens is 346 g/mol. The van der Waals surface area contributed by atoms with Crippen LogP contribution in [0.15, 0.2) is 58.8 Å². The van der Waals surface area contributed by atoms with Crippen LogP contribution in [-0.2, 0) is 13.0 Å². The van der Waals surface area contributed by atoms with Crippen molar-refractivity contribution >= 4 is 27.3 Å². The fourth-order valence-corrected chi connectivity index (χ4v) is 3.83. The van der Waals surface area contributed by atoms with Crippen molar-refractivity contribution in [3.05, 3.63) is 74.9 Å². The van der Waals surface area contributed by atoms with Crippen LogP contribution in [-0.4, -0.2) is 9.55 Å². The van der Waals surface area contributed by atoms with Crippen molar-refractivity contribution in [3.8, 4) is 0 Å². The van der Waals surface area contributed by atoms with E-state index in [9.17, 15) is 0 Å². The zero-order chi connectivity index (χ0) is 14.7. The number of hydrogen-bond acceptors (Lipinski definition) is 3. The maximum Gasteiger partial charge on any atom is 0.0952 e. The molecule has 0 bridgehead atoms. The molecule has 1 aromatic carbocycles. The summed E-state index contributed by atoms with van der Waals surface area (Å²) >= 11 is 5.23. The molecule has 2 aromatic heterocycles. The minimum absolute atomic E-state index is 0.0432. The fourth-order valence-electron chi connectivity index (χ4n) is 2.35. The first kappa shape index (κ1) is 14.5. The Morgan fingerprint density at radius 1 is 1.19 bits per heavy atom. The third-order valence-electron chi connectivity index (χ3n) is 3.38. The second-order valence-corrected chi connectivity index (χ2v) is 7.50. The van der Waals surface area contributed by atoms with Crippen LogP contribution in [0.2, 0.25) is 0 Å². The fraction of sp³-hybridized carbons (Fsp3) is 0.188. The molecule has 5 heteroatoms. The van der Waals surface area contributed by atoms with Gasteiger partial charge in [0.1, 0.15) is 0 Å². The number of halogens is 1. The Labute approximate surface area is 136 Å². The van der Waals surface area contributed by atoms with Crippen LogP contribution < -0.4 is 5.73 Å². The highest BCUT2D eigenvalue weighted by molar-refractivity contribution is 9.11. The lowest BCUT2D eigenvalue weighted by Gasteiger charge is -2.14. The van der Waals surface area contributed by atoms with E-state index in [2.05, 4.69) is 49.7 Å². The van der Waals surface area contributed by atoms with Gasteiger partial charge in [-0.1, -0.05) is 30.3 Å². The lowest BCUT2D eigenvalue weighted by Crippen LogP contribution is -2.17. The number of hydrogen-bond donors (Lipinski definition) is 1. The molecule has 0 aliphatic rings. The predicted octanol–water partition coefficient (Wildman–Crippen LogP) is 4.00. The van der Waals surface area contributed by atoms with E-state index in [-0.39, 0.29) is 6.04 Å². The van der Waals surface area contributed by atoms with Gasteiger partial charge in [-0.25, -0.2) is 4.98 Å². The van der Waals surface area contributed by atoms with Crippen molar-refractivity contribution in [1.82, 2.24) is 9.55 Å². The summed E-state index contributed by atoms with van der Waals surface area (Å²) in [6, 6.07) is 14.5. The first-order valence-corrected chi connectivity index (χ1v) is 8.37. The zero-order valence-electron chi connectivity index (χ0n) is 11.4. The van der Waals surface area contributed by atoms with Gasteiger partial charge in [0.2, 0.25) is 0 Å². The quantitative estimate of drug-likeness (QED) is 0.746. The van der Waals surface area contributed by atoms with Gasteiger partial charge in [-0.2, -0.15) is 0 Å². The zero-order valence-corrected chi connectivity index (χ0v) is 13.8. The third-order valence-corrected chi connectivity index (χ3v) is 4.99. The van der Waals surface area contributed by atoms with Gasteiger partial charge in [0.15, 0.2) is 0 Å². The molecule has 3 nitrogen and oxygen atoms in total. The highest BCUT2D eigenvalue weighted by Crippen LogP contribution is 2.24. The van der Waals surface area contributed by atoms with Crippen molar-refractivity contribution in [2.24, 2.45) is 5.73 Å². The average molecular weight is 362 g/mol. The molecule has 108 valence electrons. The summed E-state index contributed by atoms with van der Waals surface area (Å²) < 4.78 is 3.28. The van der Waals surface area contributed by atoms with Crippen LogP contribution in [0.3, 0.4) is 0 Å². The Bertz CT molecular complexity index is 705. The highest BCUT2D eigenvalue weighted by atomic mass is 79.9. The number of thiophene rings is 1. The molecule has 0 unspecified atom stereocenters. The molecule has 1 atom stereocenters. The van der Waals surface area contributed by atoms with Gasteiger partial charge >= 0.3 is 0 Å². The summed E-state index contributed by atoms with van der Waals surface area (Å²) in [5.41, 5.74) is 8.68. The normalized spacial score (nSPS) is 12.5. The van der Waals surface area contributed by atoms with Crippen LogP contribution in [0, 0.1) is 0 Å². The molecule has 0 radical (unpaired) electrons. The maximum absolute atomic E-state index is 6.36. The first-order chi connectivity index (χ1) is 10.2. The third kappa shape index (κ3) is 3.61. The molecule has 0 amide bonds. The van der Waals surface area contributed by atoms with Crippen LogP contribution >= 0.6 is 27.3 Å². The lowest BCUT2D eigenvalue weighted by atomic mass is 10.0. The molecular formula is C16H16BrN3S. The monoisotopic (exact) mass is 361 g/mol. The molecule has 0 saturated heterocycles. The topological polar surface area (TPSA) is 43.8 Å². The van der Waals surface area contributed by atoms with Crippen LogP contribution in [0.5, 0.6) is 0 Å². The molecule has 0 saturated carbocycles. The Balaban J connectivity index is 1.75. The van der Waals surface area contributed by atoms with E-state index < -0.39 is 0 Å². The van der Waals surface area contributed by atoms with E-state index in [0.29, 0.717) is 0 Å². The molecule has 3 rings (SSSR count). The molecule has 0 fully saturated rings. The minimum atomic E-state index is -0.0432. The van der Waals surface area contributed by atoms with Crippen LogP contribution in [0.1, 0.15) is 22.2 Å². The van der Waals surface area contributed by atoms with Gasteiger partial charge in [0, 0.05) is 11.1 Å². The Hall–Kier alpha value is -1.43. The van der Waals surface area contributed by atoms with Crippen LogP contribution in [0.4, 0.5) is 0 Å². The number of nitrogens with two attached hydrogens (primary N) is 1. The second-order valence-electron chi connectivity index (χ2n) is 4.95. The summed E-state index contributed by atoms with van der Waals surface area (Å²) in [6.07, 6.45) is 4.55. The van der Waals surface area contributed by atoms with Crippen LogP contribution in [0.25, 0.3) is 0 Å². The van der Waals surface area contributed by atoms with Gasteiger partial charge < -0.3 is 10.3 Å². The van der Waals surface area contributed by atoms with Gasteiger partial charge in [0.25, 0.3) is 0 Å². The summed E-state index contributed by atoms with van der Waals surface area (Å²) in [6.45, 7) is 0.814. The standard InChI is InChI=1S/C16H16BrN3S/c17-16-7-6-13(21-16)10-20-11-19-9-15(20)14(18)8-12-4-2-1-3-5-12/h1-7,9,11,14H,8,10,18H2/t14-/m1/s1. The smallest absolute Gasteiger partial charge is 0.0952 e. The van der Waals surface area contributed by atoms with E-state index >= 15 is 0 Å². The van der Waals surface area contributed by atoms with Gasteiger partial charge in [-0.3, -0.25) is 0 Å². The van der Waals surface area contributed by atoms with Gasteiger partial charge in [0.05, 0.1) is 28.4 Å². The number of rotatable bonds is 5. The summed E-state index contributed by atoms with van der Waals surface area (Å²) in [5, 5.41) is 0. The van der Waals surface area contributed by atoms with Crippen molar-refractivity contribution in [2.75, 3.05) is 0 Å². The first-order valence-electron chi connectivity index (χ1n) is 6.76. The van der Waals surface area contributed by atoms with Gasteiger partial charge in [-0.05, 0) is 40.0 Å². The highest BCUT2D eigenvalue weighted by Gasteiger charge is 2.13. The largest absolute Gasteiger partial charge is 0.328 e.